The van der Waals surface area contributed by atoms with E-state index in [4.69, 9.17) is 0 Å². The Morgan fingerprint density at radius 2 is 1.73 bits per heavy atom. The number of fused-ring (bicyclic) bond motifs is 1. The molecule has 114 valence electrons. The molecule has 0 spiro atoms. The fourth-order valence-electron chi connectivity index (χ4n) is 3.02. The molecular formula is C19H20FNO. The molecule has 3 heteroatoms. The average Bonchev–Trinajstić information content (AvgIpc) is 2.55. The zero-order valence-corrected chi connectivity index (χ0v) is 12.8. The molecule has 0 heterocycles. The summed E-state index contributed by atoms with van der Waals surface area (Å²) < 4.78 is 12.9. The van der Waals surface area contributed by atoms with Gasteiger partial charge < -0.3 is 4.90 Å². The third-order valence-corrected chi connectivity index (χ3v) is 4.28. The predicted molar refractivity (Wildman–Crippen MR) is 85.3 cm³/mol. The Morgan fingerprint density at radius 3 is 2.45 bits per heavy atom. The molecular weight excluding hydrogens is 277 g/mol. The summed E-state index contributed by atoms with van der Waals surface area (Å²) in [5.41, 5.74) is 4.36. The van der Waals surface area contributed by atoms with Crippen LogP contribution in [0.4, 0.5) is 4.39 Å². The highest BCUT2D eigenvalue weighted by molar-refractivity contribution is 5.94. The normalized spacial score (nSPS) is 13.5. The van der Waals surface area contributed by atoms with E-state index in [9.17, 15) is 9.18 Å². The van der Waals surface area contributed by atoms with Crippen molar-refractivity contribution >= 4 is 5.91 Å². The Morgan fingerprint density at radius 1 is 1.05 bits per heavy atom. The topological polar surface area (TPSA) is 20.3 Å². The highest BCUT2D eigenvalue weighted by atomic mass is 19.1. The van der Waals surface area contributed by atoms with E-state index in [0.29, 0.717) is 6.54 Å². The molecule has 1 aliphatic rings. The third kappa shape index (κ3) is 3.19. The van der Waals surface area contributed by atoms with Gasteiger partial charge in [0.05, 0.1) is 0 Å². The van der Waals surface area contributed by atoms with Gasteiger partial charge in [-0.25, -0.2) is 4.39 Å². The maximum atomic E-state index is 12.9. The number of rotatable bonds is 3. The van der Waals surface area contributed by atoms with Crippen LogP contribution in [0.2, 0.25) is 0 Å². The van der Waals surface area contributed by atoms with Crippen molar-refractivity contribution < 1.29 is 9.18 Å². The molecule has 0 fully saturated rings. The van der Waals surface area contributed by atoms with E-state index >= 15 is 0 Å². The van der Waals surface area contributed by atoms with Crippen LogP contribution in [-0.2, 0) is 19.4 Å². The zero-order chi connectivity index (χ0) is 15.5. The molecule has 1 aliphatic carbocycles. The number of hydrogen-bond acceptors (Lipinski definition) is 1. The zero-order valence-electron chi connectivity index (χ0n) is 12.8. The lowest BCUT2D eigenvalue weighted by molar-refractivity contribution is 0.0785. The maximum Gasteiger partial charge on any atom is 0.253 e. The Labute approximate surface area is 130 Å². The number of halogens is 1. The standard InChI is InChI=1S/C19H20FNO/c1-21(13-14-6-10-18(20)11-7-14)19(22)17-9-8-15-4-2-3-5-16(15)12-17/h6-12H,2-5,13H2,1H3. The van der Waals surface area contributed by atoms with Crippen molar-refractivity contribution in [3.8, 4) is 0 Å². The summed E-state index contributed by atoms with van der Waals surface area (Å²) in [7, 11) is 1.78. The van der Waals surface area contributed by atoms with Crippen LogP contribution in [0.25, 0.3) is 0 Å². The minimum absolute atomic E-state index is 0.0118. The van der Waals surface area contributed by atoms with Gasteiger partial charge in [0, 0.05) is 19.2 Å². The minimum Gasteiger partial charge on any atom is -0.337 e. The van der Waals surface area contributed by atoms with Crippen molar-refractivity contribution in [3.63, 3.8) is 0 Å². The first-order valence-electron chi connectivity index (χ1n) is 7.75. The fourth-order valence-corrected chi connectivity index (χ4v) is 3.02. The highest BCUT2D eigenvalue weighted by Gasteiger charge is 2.16. The lowest BCUT2D eigenvalue weighted by atomic mass is 9.90. The fraction of sp³-hybridized carbons (Fsp3) is 0.316. The van der Waals surface area contributed by atoms with Crippen molar-refractivity contribution in [2.45, 2.75) is 32.2 Å². The number of nitrogens with zero attached hydrogens (tertiary/aromatic N) is 1. The number of hydrogen-bond donors (Lipinski definition) is 0. The number of carbonyl (C=O) groups is 1. The van der Waals surface area contributed by atoms with Crippen LogP contribution in [0.15, 0.2) is 42.5 Å². The molecule has 3 rings (SSSR count). The van der Waals surface area contributed by atoms with E-state index < -0.39 is 0 Å². The van der Waals surface area contributed by atoms with E-state index in [2.05, 4.69) is 6.07 Å². The minimum atomic E-state index is -0.257. The van der Waals surface area contributed by atoms with Crippen LogP contribution in [0, 0.1) is 5.82 Å². The van der Waals surface area contributed by atoms with Crippen molar-refractivity contribution in [1.82, 2.24) is 4.90 Å². The molecule has 0 aromatic heterocycles. The number of benzene rings is 2. The van der Waals surface area contributed by atoms with Gasteiger partial charge in [0.2, 0.25) is 0 Å². The summed E-state index contributed by atoms with van der Waals surface area (Å²) >= 11 is 0. The first-order chi connectivity index (χ1) is 10.6. The van der Waals surface area contributed by atoms with Crippen LogP contribution in [0.3, 0.4) is 0 Å². The predicted octanol–water partition coefficient (Wildman–Crippen LogP) is 3.98. The van der Waals surface area contributed by atoms with Crippen molar-refractivity contribution in [1.29, 1.82) is 0 Å². The molecule has 0 radical (unpaired) electrons. The van der Waals surface area contributed by atoms with Crippen molar-refractivity contribution in [2.24, 2.45) is 0 Å². The molecule has 0 aliphatic heterocycles. The monoisotopic (exact) mass is 297 g/mol. The Kier molecular flexibility index (Phi) is 4.23. The molecule has 0 bridgehead atoms. The van der Waals surface area contributed by atoms with Gasteiger partial charge in [0.1, 0.15) is 5.82 Å². The first kappa shape index (κ1) is 14.8. The Bertz CT molecular complexity index is 678. The molecule has 22 heavy (non-hydrogen) atoms. The second-order valence-electron chi connectivity index (χ2n) is 5.98. The summed E-state index contributed by atoms with van der Waals surface area (Å²) in [6.07, 6.45) is 4.63. The van der Waals surface area contributed by atoms with Crippen LogP contribution in [0.5, 0.6) is 0 Å². The second-order valence-corrected chi connectivity index (χ2v) is 5.98. The quantitative estimate of drug-likeness (QED) is 0.839. The molecule has 2 aromatic carbocycles. The van der Waals surface area contributed by atoms with E-state index in [1.54, 1.807) is 24.1 Å². The van der Waals surface area contributed by atoms with Gasteiger partial charge in [-0.1, -0.05) is 18.2 Å². The van der Waals surface area contributed by atoms with Gasteiger partial charge in [-0.15, -0.1) is 0 Å². The van der Waals surface area contributed by atoms with Crippen molar-refractivity contribution in [3.05, 3.63) is 70.5 Å². The summed E-state index contributed by atoms with van der Waals surface area (Å²) in [6.45, 7) is 0.482. The number of amides is 1. The number of carbonyl (C=O) groups excluding carboxylic acids is 1. The SMILES string of the molecule is CN(Cc1ccc(F)cc1)C(=O)c1ccc2c(c1)CCCC2. The lowest BCUT2D eigenvalue weighted by Crippen LogP contribution is -2.26. The van der Waals surface area contributed by atoms with E-state index in [1.165, 1.54) is 36.1 Å². The van der Waals surface area contributed by atoms with E-state index in [1.807, 2.05) is 12.1 Å². The molecule has 0 saturated carbocycles. The van der Waals surface area contributed by atoms with Gasteiger partial charge in [0.25, 0.3) is 5.91 Å². The first-order valence-corrected chi connectivity index (χ1v) is 7.75. The van der Waals surface area contributed by atoms with Crippen LogP contribution >= 0.6 is 0 Å². The second kappa shape index (κ2) is 6.30. The average molecular weight is 297 g/mol. The molecule has 0 atom stereocenters. The van der Waals surface area contributed by atoms with Crippen molar-refractivity contribution in [2.75, 3.05) is 7.05 Å². The molecule has 0 N–H and O–H groups in total. The molecule has 0 unspecified atom stereocenters. The smallest absolute Gasteiger partial charge is 0.253 e. The summed E-state index contributed by atoms with van der Waals surface area (Å²) in [4.78, 5) is 14.2. The van der Waals surface area contributed by atoms with E-state index in [0.717, 1.165) is 24.0 Å². The molecule has 1 amide bonds. The Hall–Kier alpha value is -2.16. The summed E-state index contributed by atoms with van der Waals surface area (Å²) in [6, 6.07) is 12.3. The van der Waals surface area contributed by atoms with Crippen LogP contribution in [0.1, 0.15) is 39.9 Å². The maximum absolute atomic E-state index is 12.9. The largest absolute Gasteiger partial charge is 0.337 e. The lowest BCUT2D eigenvalue weighted by Gasteiger charge is -2.20. The Balaban J connectivity index is 1.73. The van der Waals surface area contributed by atoms with Gasteiger partial charge in [-0.05, 0) is 66.6 Å². The molecule has 2 aromatic rings. The molecule has 0 saturated heterocycles. The molecule has 2 nitrogen and oxygen atoms in total. The van der Waals surface area contributed by atoms with Gasteiger partial charge in [-0.2, -0.15) is 0 Å². The van der Waals surface area contributed by atoms with Crippen LogP contribution < -0.4 is 0 Å². The van der Waals surface area contributed by atoms with Crippen LogP contribution in [-0.4, -0.2) is 17.9 Å². The highest BCUT2D eigenvalue weighted by Crippen LogP contribution is 2.23. The third-order valence-electron chi connectivity index (χ3n) is 4.28. The summed E-state index contributed by atoms with van der Waals surface area (Å²) in [5.74, 6) is -0.245. The number of aryl methyl sites for hydroxylation is 2. The van der Waals surface area contributed by atoms with E-state index in [-0.39, 0.29) is 11.7 Å². The van der Waals surface area contributed by atoms with Gasteiger partial charge in [-0.3, -0.25) is 4.79 Å². The van der Waals surface area contributed by atoms with Gasteiger partial charge >= 0.3 is 0 Å². The van der Waals surface area contributed by atoms with Gasteiger partial charge in [0.15, 0.2) is 0 Å². The summed E-state index contributed by atoms with van der Waals surface area (Å²) in [5, 5.41) is 0.